The molecular weight excluding hydrogens is 366 g/mol. The summed E-state index contributed by atoms with van der Waals surface area (Å²) in [6, 6.07) is 5.44. The zero-order chi connectivity index (χ0) is 17.8. The predicted molar refractivity (Wildman–Crippen MR) is 107 cm³/mol. The van der Waals surface area contributed by atoms with Crippen LogP contribution in [0.3, 0.4) is 0 Å². The van der Waals surface area contributed by atoms with E-state index in [1.807, 2.05) is 13.0 Å². The first-order valence-electron chi connectivity index (χ1n) is 9.03. The maximum absolute atomic E-state index is 12.2. The van der Waals surface area contributed by atoms with E-state index in [1.165, 1.54) is 37.0 Å². The van der Waals surface area contributed by atoms with Gasteiger partial charge in [-0.15, -0.1) is 0 Å². The van der Waals surface area contributed by atoms with Crippen molar-refractivity contribution in [2.24, 2.45) is 0 Å². The van der Waals surface area contributed by atoms with Gasteiger partial charge in [-0.3, -0.25) is 9.36 Å². The highest BCUT2D eigenvalue weighted by atomic mass is 32.1. The third kappa shape index (κ3) is 2.76. The summed E-state index contributed by atoms with van der Waals surface area (Å²) in [4.78, 5) is 25.8. The van der Waals surface area contributed by atoms with Gasteiger partial charge in [0.1, 0.15) is 0 Å². The third-order valence-corrected chi connectivity index (χ3v) is 7.65. The van der Waals surface area contributed by atoms with E-state index in [9.17, 15) is 4.79 Å². The normalized spacial score (nSPS) is 25.1. The minimum Gasteiger partial charge on any atom is -0.348 e. The SMILES string of the molecule is Cc1ccn(-c2nc3sc(N(C)C4C[C@H]5CC[C@@H](C4)N5)nc3s2)c(=O)c1. The molecule has 5 rings (SSSR count). The molecule has 2 aliphatic rings. The Hall–Kier alpha value is -1.77. The highest BCUT2D eigenvalue weighted by Crippen LogP contribution is 2.36. The molecule has 0 amide bonds. The van der Waals surface area contributed by atoms with Crippen LogP contribution in [0.25, 0.3) is 14.8 Å². The van der Waals surface area contributed by atoms with Crippen LogP contribution in [0.15, 0.2) is 23.1 Å². The first kappa shape index (κ1) is 16.4. The zero-order valence-electron chi connectivity index (χ0n) is 14.8. The van der Waals surface area contributed by atoms with Crippen molar-refractivity contribution in [2.75, 3.05) is 11.9 Å². The van der Waals surface area contributed by atoms with Gasteiger partial charge in [0, 0.05) is 37.4 Å². The van der Waals surface area contributed by atoms with Crippen LogP contribution in [0.4, 0.5) is 5.13 Å². The number of thiazole rings is 2. The van der Waals surface area contributed by atoms with Crippen molar-refractivity contribution < 1.29 is 0 Å². The molecule has 2 aliphatic heterocycles. The minimum atomic E-state index is -0.0473. The van der Waals surface area contributed by atoms with Gasteiger partial charge in [0.15, 0.2) is 19.9 Å². The Labute approximate surface area is 159 Å². The highest BCUT2D eigenvalue weighted by Gasteiger charge is 2.36. The second-order valence-corrected chi connectivity index (χ2v) is 9.30. The lowest BCUT2D eigenvalue weighted by Crippen LogP contribution is -2.47. The number of rotatable bonds is 3. The van der Waals surface area contributed by atoms with Gasteiger partial charge in [-0.2, -0.15) is 0 Å². The topological polar surface area (TPSA) is 63.1 Å². The molecule has 0 radical (unpaired) electrons. The number of aromatic nitrogens is 3. The molecule has 0 aromatic carbocycles. The molecule has 0 spiro atoms. The van der Waals surface area contributed by atoms with E-state index < -0.39 is 0 Å². The van der Waals surface area contributed by atoms with Crippen LogP contribution in [0, 0.1) is 6.92 Å². The van der Waals surface area contributed by atoms with Gasteiger partial charge >= 0.3 is 0 Å². The number of fused-ring (bicyclic) bond motifs is 3. The lowest BCUT2D eigenvalue weighted by atomic mass is 9.99. The third-order valence-electron chi connectivity index (χ3n) is 5.53. The number of hydrogen-bond donors (Lipinski definition) is 1. The van der Waals surface area contributed by atoms with Gasteiger partial charge in [0.05, 0.1) is 0 Å². The number of anilines is 1. The molecule has 2 bridgehead atoms. The number of piperidine rings is 1. The van der Waals surface area contributed by atoms with Crippen molar-refractivity contribution in [3.05, 3.63) is 34.2 Å². The van der Waals surface area contributed by atoms with Crippen LogP contribution in [0.5, 0.6) is 0 Å². The van der Waals surface area contributed by atoms with Crippen LogP contribution in [0.1, 0.15) is 31.2 Å². The molecule has 3 aromatic rings. The number of aryl methyl sites for hydroxylation is 1. The average molecular weight is 388 g/mol. The van der Waals surface area contributed by atoms with Gasteiger partial charge in [-0.25, -0.2) is 9.97 Å². The fourth-order valence-corrected chi connectivity index (χ4v) is 6.17. The lowest BCUT2D eigenvalue weighted by Gasteiger charge is -2.35. The molecule has 2 fully saturated rings. The highest BCUT2D eigenvalue weighted by molar-refractivity contribution is 7.29. The van der Waals surface area contributed by atoms with Gasteiger partial charge in [0.2, 0.25) is 0 Å². The molecule has 6 nitrogen and oxygen atoms in total. The second kappa shape index (κ2) is 6.14. The van der Waals surface area contributed by atoms with E-state index in [0.29, 0.717) is 23.3 Å². The number of nitrogens with one attached hydrogen (secondary N) is 1. The Balaban J connectivity index is 1.42. The fourth-order valence-electron chi connectivity index (χ4n) is 4.11. The van der Waals surface area contributed by atoms with Crippen LogP contribution < -0.4 is 15.8 Å². The Morgan fingerprint density at radius 2 is 1.92 bits per heavy atom. The van der Waals surface area contributed by atoms with Crippen molar-refractivity contribution >= 4 is 37.5 Å². The van der Waals surface area contributed by atoms with Gasteiger partial charge < -0.3 is 10.2 Å². The molecule has 0 aliphatic carbocycles. The van der Waals surface area contributed by atoms with Gasteiger partial charge in [-0.1, -0.05) is 22.7 Å². The van der Waals surface area contributed by atoms with E-state index in [-0.39, 0.29) is 5.56 Å². The molecule has 136 valence electrons. The lowest BCUT2D eigenvalue weighted by molar-refractivity contribution is 0.354. The summed E-state index contributed by atoms with van der Waals surface area (Å²) in [5.74, 6) is 0. The Bertz CT molecular complexity index is 979. The first-order valence-corrected chi connectivity index (χ1v) is 10.7. The van der Waals surface area contributed by atoms with Crippen LogP contribution in [-0.2, 0) is 0 Å². The summed E-state index contributed by atoms with van der Waals surface area (Å²) < 4.78 is 1.60. The predicted octanol–water partition coefficient (Wildman–Crippen LogP) is 2.93. The smallest absolute Gasteiger partial charge is 0.257 e. The second-order valence-electron chi connectivity index (χ2n) is 7.39. The monoisotopic (exact) mass is 387 g/mol. The molecule has 1 N–H and O–H groups in total. The fraction of sp³-hybridized carbons (Fsp3) is 0.500. The van der Waals surface area contributed by atoms with Crippen molar-refractivity contribution in [3.8, 4) is 5.13 Å². The van der Waals surface area contributed by atoms with Gasteiger partial charge in [-0.05, 0) is 44.2 Å². The van der Waals surface area contributed by atoms with Gasteiger partial charge in [0.25, 0.3) is 5.56 Å². The number of pyridine rings is 1. The molecule has 3 aromatic heterocycles. The van der Waals surface area contributed by atoms with Crippen molar-refractivity contribution in [2.45, 2.75) is 50.7 Å². The summed E-state index contributed by atoms with van der Waals surface area (Å²) in [5.41, 5.74) is 0.913. The van der Waals surface area contributed by atoms with E-state index >= 15 is 0 Å². The molecule has 5 heterocycles. The van der Waals surface area contributed by atoms with E-state index in [4.69, 9.17) is 4.98 Å². The quantitative estimate of drug-likeness (QED) is 0.749. The summed E-state index contributed by atoms with van der Waals surface area (Å²) in [7, 11) is 2.16. The maximum atomic E-state index is 12.2. The maximum Gasteiger partial charge on any atom is 0.257 e. The summed E-state index contributed by atoms with van der Waals surface area (Å²) in [5, 5.41) is 5.42. The molecular formula is C18H21N5OS2. The van der Waals surface area contributed by atoms with Crippen LogP contribution >= 0.6 is 22.7 Å². The van der Waals surface area contributed by atoms with E-state index in [0.717, 1.165) is 20.4 Å². The van der Waals surface area contributed by atoms with Crippen LogP contribution in [-0.4, -0.2) is 39.7 Å². The molecule has 0 saturated carbocycles. The summed E-state index contributed by atoms with van der Waals surface area (Å²) >= 11 is 3.11. The first-order chi connectivity index (χ1) is 12.6. The summed E-state index contributed by atoms with van der Waals surface area (Å²) in [6.07, 6.45) is 6.78. The Kier molecular flexibility index (Phi) is 3.88. The molecule has 8 heteroatoms. The Morgan fingerprint density at radius 1 is 1.19 bits per heavy atom. The van der Waals surface area contributed by atoms with Crippen molar-refractivity contribution in [3.63, 3.8) is 0 Å². The average Bonchev–Trinajstić information content (AvgIpc) is 3.27. The Morgan fingerprint density at radius 3 is 2.62 bits per heavy atom. The van der Waals surface area contributed by atoms with Crippen molar-refractivity contribution in [1.29, 1.82) is 0 Å². The van der Waals surface area contributed by atoms with Crippen molar-refractivity contribution in [1.82, 2.24) is 19.9 Å². The molecule has 2 saturated heterocycles. The molecule has 26 heavy (non-hydrogen) atoms. The zero-order valence-corrected chi connectivity index (χ0v) is 16.4. The number of hydrogen-bond acceptors (Lipinski definition) is 7. The standard InChI is InChI=1S/C18H21N5OS2/c1-10-5-6-23(14(24)7-10)18-21-16-15(26-18)20-17(25-16)22(2)13-8-11-3-4-12(9-13)19-11/h5-7,11-13,19H,3-4,8-9H2,1-2H3/t11-,12+,13?. The largest absolute Gasteiger partial charge is 0.348 e. The minimum absolute atomic E-state index is 0.0473. The van der Waals surface area contributed by atoms with E-state index in [2.05, 4.69) is 22.2 Å². The van der Waals surface area contributed by atoms with Crippen LogP contribution in [0.2, 0.25) is 0 Å². The number of nitrogens with zero attached hydrogens (tertiary/aromatic N) is 4. The summed E-state index contributed by atoms with van der Waals surface area (Å²) in [6.45, 7) is 1.92. The molecule has 1 unspecified atom stereocenters. The molecule has 3 atom stereocenters. The van der Waals surface area contributed by atoms with E-state index in [1.54, 1.807) is 28.2 Å².